The Kier molecular flexibility index (Phi) is 4.03. The lowest BCUT2D eigenvalue weighted by Gasteiger charge is -2.10. The number of nitrogens with zero attached hydrogens (tertiary/aromatic N) is 1. The van der Waals surface area contributed by atoms with Gasteiger partial charge in [0.2, 0.25) is 10.0 Å². The van der Waals surface area contributed by atoms with Crippen molar-refractivity contribution in [3.8, 4) is 0 Å². The van der Waals surface area contributed by atoms with Gasteiger partial charge in [0.15, 0.2) is 0 Å². The molecule has 6 heteroatoms. The second kappa shape index (κ2) is 5.26. The van der Waals surface area contributed by atoms with Crippen LogP contribution in [0.4, 0.5) is 0 Å². The molecule has 2 rings (SSSR count). The lowest BCUT2D eigenvalue weighted by molar-refractivity contribution is 0.566. The molecule has 5 nitrogen and oxygen atoms in total. The van der Waals surface area contributed by atoms with Crippen LogP contribution in [0.25, 0.3) is 0 Å². The molecule has 19 heavy (non-hydrogen) atoms. The molecule has 0 saturated heterocycles. The van der Waals surface area contributed by atoms with Crippen LogP contribution in [0.2, 0.25) is 0 Å². The van der Waals surface area contributed by atoms with Gasteiger partial charge in [-0.05, 0) is 38.2 Å². The highest BCUT2D eigenvalue weighted by Crippen LogP contribution is 2.37. The Balaban J connectivity index is 2.15. The normalized spacial score (nSPS) is 23.0. The molecule has 3 N–H and O–H groups in total. The molecular formula is C13H23N3O2S. The van der Waals surface area contributed by atoms with Crippen LogP contribution >= 0.6 is 0 Å². The van der Waals surface area contributed by atoms with Crippen LogP contribution < -0.4 is 10.5 Å². The van der Waals surface area contributed by atoms with E-state index in [1.807, 2.05) is 18.4 Å². The second-order valence-corrected chi connectivity index (χ2v) is 7.46. The molecule has 1 saturated carbocycles. The zero-order valence-corrected chi connectivity index (χ0v) is 12.6. The standard InChI is InChI=1S/C13H23N3O2S/c1-9(2)16-8-13(5-12(16)6-14)19(17,18)15-7-11-4-10(11)3/h5,8-11,15H,4,6-7,14H2,1-3H3. The lowest BCUT2D eigenvalue weighted by atomic mass is 10.3. The van der Waals surface area contributed by atoms with E-state index >= 15 is 0 Å². The molecule has 1 aliphatic carbocycles. The summed E-state index contributed by atoms with van der Waals surface area (Å²) in [7, 11) is -3.41. The van der Waals surface area contributed by atoms with E-state index in [1.54, 1.807) is 12.3 Å². The fraction of sp³-hybridized carbons (Fsp3) is 0.692. The first-order valence-corrected chi connectivity index (χ1v) is 8.24. The Morgan fingerprint density at radius 1 is 1.53 bits per heavy atom. The SMILES string of the molecule is CC1CC1CNS(=O)(=O)c1cc(CN)n(C(C)C)c1. The molecule has 0 amide bonds. The van der Waals surface area contributed by atoms with Gasteiger partial charge in [0.1, 0.15) is 0 Å². The van der Waals surface area contributed by atoms with Gasteiger partial charge in [0, 0.05) is 31.0 Å². The van der Waals surface area contributed by atoms with Crippen LogP contribution in [-0.2, 0) is 16.6 Å². The van der Waals surface area contributed by atoms with Crippen molar-refractivity contribution in [2.75, 3.05) is 6.54 Å². The molecule has 0 aromatic carbocycles. The third kappa shape index (κ3) is 3.19. The number of nitrogens with one attached hydrogen (secondary N) is 1. The summed E-state index contributed by atoms with van der Waals surface area (Å²) in [5.41, 5.74) is 6.50. The van der Waals surface area contributed by atoms with Crippen molar-refractivity contribution in [3.63, 3.8) is 0 Å². The van der Waals surface area contributed by atoms with Crippen LogP contribution in [0.3, 0.4) is 0 Å². The summed E-state index contributed by atoms with van der Waals surface area (Å²) >= 11 is 0. The molecule has 108 valence electrons. The van der Waals surface area contributed by atoms with Crippen molar-refractivity contribution in [1.82, 2.24) is 9.29 Å². The molecule has 0 aliphatic heterocycles. The predicted octanol–water partition coefficient (Wildman–Crippen LogP) is 1.46. The number of hydrogen-bond donors (Lipinski definition) is 2. The average Bonchev–Trinajstić information content (AvgIpc) is 2.89. The van der Waals surface area contributed by atoms with Gasteiger partial charge in [-0.2, -0.15) is 0 Å². The van der Waals surface area contributed by atoms with Crippen molar-refractivity contribution >= 4 is 10.0 Å². The highest BCUT2D eigenvalue weighted by atomic mass is 32.2. The first-order chi connectivity index (χ1) is 8.85. The van der Waals surface area contributed by atoms with Crippen molar-refractivity contribution in [1.29, 1.82) is 0 Å². The van der Waals surface area contributed by atoms with E-state index in [0.717, 1.165) is 12.1 Å². The van der Waals surface area contributed by atoms with Gasteiger partial charge in [0.25, 0.3) is 0 Å². The fourth-order valence-corrected chi connectivity index (χ4v) is 3.42. The van der Waals surface area contributed by atoms with Crippen molar-refractivity contribution in [2.45, 2.75) is 44.7 Å². The molecular weight excluding hydrogens is 262 g/mol. The number of rotatable bonds is 6. The Hall–Kier alpha value is -0.850. The van der Waals surface area contributed by atoms with Gasteiger partial charge in [-0.25, -0.2) is 13.1 Å². The smallest absolute Gasteiger partial charge is 0.242 e. The topological polar surface area (TPSA) is 77.1 Å². The number of hydrogen-bond acceptors (Lipinski definition) is 3. The van der Waals surface area contributed by atoms with Crippen LogP contribution in [0.15, 0.2) is 17.2 Å². The zero-order valence-electron chi connectivity index (χ0n) is 11.8. The summed E-state index contributed by atoms with van der Waals surface area (Å²) in [6.07, 6.45) is 2.79. The maximum Gasteiger partial charge on any atom is 0.242 e. The van der Waals surface area contributed by atoms with E-state index < -0.39 is 10.0 Å². The van der Waals surface area contributed by atoms with E-state index in [1.165, 1.54) is 0 Å². The molecule has 1 aromatic heterocycles. The van der Waals surface area contributed by atoms with Crippen LogP contribution in [0.1, 0.15) is 38.9 Å². The fourth-order valence-electron chi connectivity index (χ4n) is 2.27. The monoisotopic (exact) mass is 285 g/mol. The van der Waals surface area contributed by atoms with E-state index in [9.17, 15) is 8.42 Å². The van der Waals surface area contributed by atoms with E-state index in [4.69, 9.17) is 5.73 Å². The van der Waals surface area contributed by atoms with Gasteiger partial charge < -0.3 is 10.3 Å². The Morgan fingerprint density at radius 2 is 2.16 bits per heavy atom. The van der Waals surface area contributed by atoms with Crippen molar-refractivity contribution in [3.05, 3.63) is 18.0 Å². The minimum absolute atomic E-state index is 0.200. The summed E-state index contributed by atoms with van der Waals surface area (Å²) in [5.74, 6) is 1.14. The Labute approximate surface area is 115 Å². The molecule has 1 fully saturated rings. The van der Waals surface area contributed by atoms with E-state index in [0.29, 0.717) is 29.8 Å². The van der Waals surface area contributed by atoms with Gasteiger partial charge >= 0.3 is 0 Å². The first-order valence-electron chi connectivity index (χ1n) is 6.75. The predicted molar refractivity (Wildman–Crippen MR) is 75.2 cm³/mol. The first kappa shape index (κ1) is 14.6. The number of nitrogens with two attached hydrogens (primary N) is 1. The third-order valence-corrected chi connectivity index (χ3v) is 5.18. The van der Waals surface area contributed by atoms with E-state index in [-0.39, 0.29) is 6.04 Å². The van der Waals surface area contributed by atoms with Crippen LogP contribution in [-0.4, -0.2) is 19.5 Å². The van der Waals surface area contributed by atoms with Gasteiger partial charge in [-0.15, -0.1) is 0 Å². The highest BCUT2D eigenvalue weighted by molar-refractivity contribution is 7.89. The molecule has 1 heterocycles. The quantitative estimate of drug-likeness (QED) is 0.830. The number of sulfonamides is 1. The van der Waals surface area contributed by atoms with Crippen LogP contribution in [0, 0.1) is 11.8 Å². The zero-order chi connectivity index (χ0) is 14.2. The van der Waals surface area contributed by atoms with Crippen molar-refractivity contribution < 1.29 is 8.42 Å². The van der Waals surface area contributed by atoms with Gasteiger partial charge in [0.05, 0.1) is 4.90 Å². The molecule has 1 aliphatic rings. The minimum atomic E-state index is -3.41. The van der Waals surface area contributed by atoms with Gasteiger partial charge in [-0.1, -0.05) is 6.92 Å². The molecule has 2 atom stereocenters. The highest BCUT2D eigenvalue weighted by Gasteiger charge is 2.33. The molecule has 1 aromatic rings. The Morgan fingerprint density at radius 3 is 2.58 bits per heavy atom. The minimum Gasteiger partial charge on any atom is -0.346 e. The molecule has 2 unspecified atom stereocenters. The van der Waals surface area contributed by atoms with Crippen LogP contribution in [0.5, 0.6) is 0 Å². The lowest BCUT2D eigenvalue weighted by Crippen LogP contribution is -2.25. The largest absolute Gasteiger partial charge is 0.346 e. The van der Waals surface area contributed by atoms with Crippen molar-refractivity contribution in [2.24, 2.45) is 17.6 Å². The summed E-state index contributed by atoms with van der Waals surface area (Å²) in [6, 6.07) is 1.87. The Bertz CT molecular complexity index is 548. The molecule has 0 spiro atoms. The molecule has 0 radical (unpaired) electrons. The summed E-state index contributed by atoms with van der Waals surface area (Å²) in [6.45, 7) is 7.03. The average molecular weight is 285 g/mol. The summed E-state index contributed by atoms with van der Waals surface area (Å²) in [5, 5.41) is 0. The van der Waals surface area contributed by atoms with Gasteiger partial charge in [-0.3, -0.25) is 0 Å². The second-order valence-electron chi connectivity index (χ2n) is 5.70. The maximum atomic E-state index is 12.2. The molecule has 0 bridgehead atoms. The summed E-state index contributed by atoms with van der Waals surface area (Å²) in [4.78, 5) is 0.315. The van der Waals surface area contributed by atoms with E-state index in [2.05, 4.69) is 11.6 Å². The maximum absolute atomic E-state index is 12.2. The third-order valence-electron chi connectivity index (χ3n) is 3.79. The number of aromatic nitrogens is 1. The summed E-state index contributed by atoms with van der Waals surface area (Å²) < 4.78 is 29.0.